The Morgan fingerprint density at radius 1 is 1.22 bits per heavy atom. The van der Waals surface area contributed by atoms with Crippen LogP contribution in [0.2, 0.25) is 0 Å². The van der Waals surface area contributed by atoms with E-state index >= 15 is 0 Å². The number of fused-ring (bicyclic) bond motifs is 1. The Kier molecular flexibility index (Phi) is 3.11. The molecule has 0 saturated heterocycles. The van der Waals surface area contributed by atoms with Gasteiger partial charge in [0.15, 0.2) is 11.3 Å². The second-order valence-electron chi connectivity index (χ2n) is 5.88. The maximum atomic E-state index is 6.23. The lowest BCUT2D eigenvalue weighted by atomic mass is 9.86. The van der Waals surface area contributed by atoms with Gasteiger partial charge in [0.1, 0.15) is 5.76 Å². The van der Waals surface area contributed by atoms with E-state index in [4.69, 9.17) is 14.9 Å². The fraction of sp³-hybridized carbons (Fsp3) is 0.467. The molecule has 0 aliphatic heterocycles. The molecule has 0 fully saturated rings. The lowest BCUT2D eigenvalue weighted by Crippen LogP contribution is -2.25. The van der Waals surface area contributed by atoms with E-state index in [9.17, 15) is 0 Å². The Labute approximate surface area is 108 Å². The fourth-order valence-electron chi connectivity index (χ4n) is 2.02. The van der Waals surface area contributed by atoms with Gasteiger partial charge in [-0.25, -0.2) is 0 Å². The molecule has 18 heavy (non-hydrogen) atoms. The topological polar surface area (TPSA) is 48.4 Å². The van der Waals surface area contributed by atoms with Gasteiger partial charge in [-0.05, 0) is 36.1 Å². The number of methoxy groups -OCH3 is 1. The van der Waals surface area contributed by atoms with Crippen molar-refractivity contribution in [2.45, 2.75) is 33.7 Å². The van der Waals surface area contributed by atoms with Crippen molar-refractivity contribution in [3.63, 3.8) is 0 Å². The predicted octanol–water partition coefficient (Wildman–Crippen LogP) is 3.80. The minimum atomic E-state index is -0.130. The summed E-state index contributed by atoms with van der Waals surface area (Å²) in [4.78, 5) is 0. The number of furan rings is 1. The number of nitrogens with two attached hydrogens (primary N) is 1. The quantitative estimate of drug-likeness (QED) is 0.878. The summed E-state index contributed by atoms with van der Waals surface area (Å²) >= 11 is 0. The van der Waals surface area contributed by atoms with E-state index in [1.807, 2.05) is 19.1 Å². The maximum Gasteiger partial charge on any atom is 0.176 e. The minimum absolute atomic E-state index is 0.0316. The molecule has 0 aliphatic carbocycles. The molecule has 0 aliphatic rings. The smallest absolute Gasteiger partial charge is 0.176 e. The van der Waals surface area contributed by atoms with Crippen molar-refractivity contribution in [2.75, 3.05) is 7.11 Å². The molecule has 98 valence electrons. The van der Waals surface area contributed by atoms with Gasteiger partial charge in [-0.3, -0.25) is 0 Å². The first-order chi connectivity index (χ1) is 8.32. The van der Waals surface area contributed by atoms with Gasteiger partial charge in [-0.15, -0.1) is 0 Å². The largest absolute Gasteiger partial charge is 0.493 e. The Bertz CT molecular complexity index is 564. The van der Waals surface area contributed by atoms with Crippen molar-refractivity contribution in [1.29, 1.82) is 0 Å². The highest BCUT2D eigenvalue weighted by atomic mass is 16.5. The van der Waals surface area contributed by atoms with Crippen molar-refractivity contribution in [2.24, 2.45) is 11.1 Å². The van der Waals surface area contributed by atoms with Crippen molar-refractivity contribution in [3.8, 4) is 5.75 Å². The van der Waals surface area contributed by atoms with Crippen LogP contribution in [0.3, 0.4) is 0 Å². The van der Waals surface area contributed by atoms with Gasteiger partial charge in [0, 0.05) is 5.39 Å². The molecule has 1 aromatic carbocycles. The molecular formula is C15H21NO2. The third kappa shape index (κ3) is 2.23. The molecule has 0 saturated carbocycles. The first-order valence-electron chi connectivity index (χ1n) is 6.16. The van der Waals surface area contributed by atoms with Gasteiger partial charge in [0.2, 0.25) is 0 Å². The van der Waals surface area contributed by atoms with Crippen molar-refractivity contribution in [3.05, 3.63) is 29.5 Å². The van der Waals surface area contributed by atoms with Crippen LogP contribution in [0.15, 0.2) is 22.6 Å². The summed E-state index contributed by atoms with van der Waals surface area (Å²) in [5, 5.41) is 1.04. The van der Waals surface area contributed by atoms with Crippen LogP contribution in [0.25, 0.3) is 11.0 Å². The first kappa shape index (κ1) is 13.0. The normalized spacial score (nSPS) is 13.9. The number of hydrogen-bond acceptors (Lipinski definition) is 3. The molecule has 0 bridgehead atoms. The molecule has 3 heteroatoms. The zero-order valence-corrected chi connectivity index (χ0v) is 11.7. The summed E-state index contributed by atoms with van der Waals surface area (Å²) in [6.07, 6.45) is 0. The van der Waals surface area contributed by atoms with Crippen LogP contribution in [0.4, 0.5) is 0 Å². The fourth-order valence-corrected chi connectivity index (χ4v) is 2.02. The third-order valence-corrected chi connectivity index (χ3v) is 3.21. The number of aryl methyl sites for hydroxylation is 1. The molecule has 3 nitrogen and oxygen atoms in total. The van der Waals surface area contributed by atoms with E-state index in [-0.39, 0.29) is 11.5 Å². The number of benzene rings is 1. The monoisotopic (exact) mass is 247 g/mol. The maximum absolute atomic E-state index is 6.23. The van der Waals surface area contributed by atoms with Crippen molar-refractivity contribution >= 4 is 11.0 Å². The molecule has 1 unspecified atom stereocenters. The van der Waals surface area contributed by atoms with Crippen LogP contribution in [-0.2, 0) is 0 Å². The van der Waals surface area contributed by atoms with E-state index in [0.717, 1.165) is 28.0 Å². The van der Waals surface area contributed by atoms with Gasteiger partial charge < -0.3 is 14.9 Å². The Morgan fingerprint density at radius 2 is 1.89 bits per heavy atom. The summed E-state index contributed by atoms with van der Waals surface area (Å²) in [5.74, 6) is 1.57. The molecule has 1 atom stereocenters. The number of hydrogen-bond donors (Lipinski definition) is 1. The molecule has 0 amide bonds. The van der Waals surface area contributed by atoms with E-state index in [0.29, 0.717) is 0 Å². The second-order valence-corrected chi connectivity index (χ2v) is 5.88. The van der Waals surface area contributed by atoms with Gasteiger partial charge >= 0.3 is 0 Å². The van der Waals surface area contributed by atoms with Crippen molar-refractivity contribution in [1.82, 2.24) is 0 Å². The number of rotatable bonds is 2. The molecule has 2 aromatic rings. The SMILES string of the molecule is COc1cc(C)cc2cc(C(N)C(C)(C)C)oc12. The van der Waals surface area contributed by atoms with Gasteiger partial charge in [0.25, 0.3) is 0 Å². The zero-order chi connectivity index (χ0) is 13.5. The third-order valence-electron chi connectivity index (χ3n) is 3.21. The Morgan fingerprint density at radius 3 is 2.44 bits per heavy atom. The highest BCUT2D eigenvalue weighted by Gasteiger charge is 2.26. The van der Waals surface area contributed by atoms with E-state index in [2.05, 4.69) is 26.8 Å². The lowest BCUT2D eigenvalue weighted by Gasteiger charge is -2.24. The van der Waals surface area contributed by atoms with Gasteiger partial charge in [-0.2, -0.15) is 0 Å². The highest BCUT2D eigenvalue weighted by Crippen LogP contribution is 2.37. The standard InChI is InChI=1S/C15H21NO2/c1-9-6-10-8-12(14(16)15(2,3)4)18-13(10)11(7-9)17-5/h6-8,14H,16H2,1-5H3. The zero-order valence-electron chi connectivity index (χ0n) is 11.7. The molecule has 0 radical (unpaired) electrons. The molecular weight excluding hydrogens is 226 g/mol. The summed E-state index contributed by atoms with van der Waals surface area (Å²) in [6, 6.07) is 5.94. The van der Waals surface area contributed by atoms with E-state index in [1.165, 1.54) is 0 Å². The van der Waals surface area contributed by atoms with Crippen LogP contribution in [-0.4, -0.2) is 7.11 Å². The molecule has 2 rings (SSSR count). The summed E-state index contributed by atoms with van der Waals surface area (Å²) in [5.41, 5.74) is 8.12. The highest BCUT2D eigenvalue weighted by molar-refractivity contribution is 5.84. The number of ether oxygens (including phenoxy) is 1. The Balaban J connectivity index is 2.57. The van der Waals surface area contributed by atoms with Gasteiger partial charge in [-0.1, -0.05) is 20.8 Å². The van der Waals surface area contributed by atoms with E-state index in [1.54, 1.807) is 7.11 Å². The summed E-state index contributed by atoms with van der Waals surface area (Å²) in [7, 11) is 1.65. The predicted molar refractivity (Wildman–Crippen MR) is 73.9 cm³/mol. The van der Waals surface area contributed by atoms with Crippen LogP contribution in [0.1, 0.15) is 38.1 Å². The average Bonchev–Trinajstić information content (AvgIpc) is 2.68. The van der Waals surface area contributed by atoms with Crippen LogP contribution < -0.4 is 10.5 Å². The molecule has 2 N–H and O–H groups in total. The first-order valence-corrected chi connectivity index (χ1v) is 6.16. The summed E-state index contributed by atoms with van der Waals surface area (Å²) in [6.45, 7) is 8.35. The van der Waals surface area contributed by atoms with Crippen molar-refractivity contribution < 1.29 is 9.15 Å². The average molecular weight is 247 g/mol. The minimum Gasteiger partial charge on any atom is -0.493 e. The van der Waals surface area contributed by atoms with Crippen LogP contribution in [0, 0.1) is 12.3 Å². The molecule has 0 spiro atoms. The lowest BCUT2D eigenvalue weighted by molar-refractivity contribution is 0.288. The van der Waals surface area contributed by atoms with Crippen LogP contribution in [0.5, 0.6) is 5.75 Å². The Hall–Kier alpha value is -1.48. The summed E-state index contributed by atoms with van der Waals surface area (Å²) < 4.78 is 11.2. The molecule has 1 heterocycles. The molecule has 1 aromatic heterocycles. The van der Waals surface area contributed by atoms with E-state index < -0.39 is 0 Å². The second kappa shape index (κ2) is 4.32. The van der Waals surface area contributed by atoms with Gasteiger partial charge in [0.05, 0.1) is 13.2 Å². The van der Waals surface area contributed by atoms with Crippen LogP contribution >= 0.6 is 0 Å².